The molecule has 0 saturated carbocycles. The number of aryl methyl sites for hydroxylation is 1. The second-order valence-corrected chi connectivity index (χ2v) is 4.07. The van der Waals surface area contributed by atoms with E-state index in [1.807, 2.05) is 26.8 Å². The molecule has 0 saturated heterocycles. The molecule has 0 aliphatic rings. The van der Waals surface area contributed by atoms with Crippen molar-refractivity contribution in [3.8, 4) is 0 Å². The lowest BCUT2D eigenvalue weighted by Gasteiger charge is -2.06. The van der Waals surface area contributed by atoms with Crippen molar-refractivity contribution in [3.05, 3.63) is 41.0 Å². The van der Waals surface area contributed by atoms with E-state index in [4.69, 9.17) is 5.73 Å². The maximum absolute atomic E-state index is 11.8. The van der Waals surface area contributed by atoms with Crippen LogP contribution in [-0.4, -0.2) is 12.5 Å². The van der Waals surface area contributed by atoms with Gasteiger partial charge in [0.1, 0.15) is 0 Å². The van der Waals surface area contributed by atoms with Gasteiger partial charge < -0.3 is 11.1 Å². The number of carbonyl (C=O) groups is 1. The molecule has 0 bridgehead atoms. The Balaban J connectivity index is 2.70. The first kappa shape index (κ1) is 12.3. The topological polar surface area (TPSA) is 55.1 Å². The largest absolute Gasteiger partial charge is 0.399 e. The van der Waals surface area contributed by atoms with Crippen LogP contribution in [0.3, 0.4) is 0 Å². The van der Waals surface area contributed by atoms with Crippen LogP contribution in [-0.2, 0) is 0 Å². The van der Waals surface area contributed by atoms with E-state index in [2.05, 4.69) is 5.32 Å². The number of amides is 1. The number of benzene rings is 1. The number of rotatable bonds is 3. The molecule has 3 nitrogen and oxygen atoms in total. The number of nitrogens with one attached hydrogen (secondary N) is 1. The Kier molecular flexibility index (Phi) is 4.11. The van der Waals surface area contributed by atoms with E-state index in [0.717, 1.165) is 5.56 Å². The summed E-state index contributed by atoms with van der Waals surface area (Å²) in [4.78, 5) is 11.8. The molecule has 0 spiro atoms. The zero-order valence-corrected chi connectivity index (χ0v) is 10.0. The second-order valence-electron chi connectivity index (χ2n) is 4.07. The highest BCUT2D eigenvalue weighted by atomic mass is 16.1. The first-order chi connectivity index (χ1) is 7.50. The molecule has 0 aliphatic heterocycles. The predicted molar refractivity (Wildman–Crippen MR) is 67.4 cm³/mol. The van der Waals surface area contributed by atoms with Crippen molar-refractivity contribution in [2.75, 3.05) is 12.3 Å². The van der Waals surface area contributed by atoms with E-state index in [1.54, 1.807) is 18.2 Å². The Labute approximate surface area is 96.3 Å². The lowest BCUT2D eigenvalue weighted by Crippen LogP contribution is -2.24. The molecule has 0 aromatic heterocycles. The molecule has 16 heavy (non-hydrogen) atoms. The third-order valence-electron chi connectivity index (χ3n) is 2.27. The molecule has 0 radical (unpaired) electrons. The summed E-state index contributed by atoms with van der Waals surface area (Å²) in [5.74, 6) is -0.0602. The zero-order chi connectivity index (χ0) is 12.1. The van der Waals surface area contributed by atoms with Crippen molar-refractivity contribution in [1.29, 1.82) is 0 Å². The summed E-state index contributed by atoms with van der Waals surface area (Å²) in [6, 6.07) is 5.29. The monoisotopic (exact) mass is 218 g/mol. The Morgan fingerprint density at radius 2 is 2.12 bits per heavy atom. The molecule has 1 amide bonds. The van der Waals surface area contributed by atoms with Crippen LogP contribution in [0.1, 0.15) is 29.8 Å². The smallest absolute Gasteiger partial charge is 0.251 e. The minimum Gasteiger partial charge on any atom is -0.399 e. The Morgan fingerprint density at radius 1 is 1.44 bits per heavy atom. The van der Waals surface area contributed by atoms with E-state index < -0.39 is 0 Å². The van der Waals surface area contributed by atoms with Gasteiger partial charge in [-0.15, -0.1) is 0 Å². The van der Waals surface area contributed by atoms with Crippen LogP contribution in [0.4, 0.5) is 5.69 Å². The van der Waals surface area contributed by atoms with Crippen LogP contribution in [0.2, 0.25) is 0 Å². The van der Waals surface area contributed by atoms with Crippen molar-refractivity contribution in [2.24, 2.45) is 0 Å². The fraction of sp³-hybridized carbons (Fsp3) is 0.308. The molecular weight excluding hydrogens is 200 g/mol. The highest BCUT2D eigenvalue weighted by Crippen LogP contribution is 2.12. The van der Waals surface area contributed by atoms with E-state index in [-0.39, 0.29) is 5.91 Å². The number of anilines is 1. The molecule has 0 unspecified atom stereocenters. The molecule has 0 atom stereocenters. The summed E-state index contributed by atoms with van der Waals surface area (Å²) < 4.78 is 0. The maximum atomic E-state index is 11.8. The van der Waals surface area contributed by atoms with Crippen molar-refractivity contribution < 1.29 is 4.79 Å². The minimum atomic E-state index is -0.0602. The second kappa shape index (κ2) is 5.35. The van der Waals surface area contributed by atoms with Crippen molar-refractivity contribution in [1.82, 2.24) is 5.32 Å². The van der Waals surface area contributed by atoms with E-state index in [9.17, 15) is 4.79 Å². The average Bonchev–Trinajstić information content (AvgIpc) is 2.16. The van der Waals surface area contributed by atoms with Crippen molar-refractivity contribution in [3.63, 3.8) is 0 Å². The molecule has 3 N–H and O–H groups in total. The minimum absolute atomic E-state index is 0.0602. The lowest BCUT2D eigenvalue weighted by atomic mass is 10.1. The summed E-state index contributed by atoms with van der Waals surface area (Å²) in [5.41, 5.74) is 9.07. The van der Waals surface area contributed by atoms with Crippen LogP contribution in [0.15, 0.2) is 29.8 Å². The molecule has 0 heterocycles. The molecule has 1 aromatic rings. The fourth-order valence-corrected chi connectivity index (χ4v) is 1.38. The molecule has 0 fully saturated rings. The standard InChI is InChI=1S/C13H18N2O/c1-9(2)6-7-15-13(16)12-5-4-11(14)8-10(12)3/h4-6,8H,7,14H2,1-3H3,(H,15,16). The van der Waals surface area contributed by atoms with E-state index >= 15 is 0 Å². The van der Waals surface area contributed by atoms with Crippen LogP contribution in [0.25, 0.3) is 0 Å². The van der Waals surface area contributed by atoms with Crippen LogP contribution < -0.4 is 11.1 Å². The summed E-state index contributed by atoms with van der Waals surface area (Å²) in [7, 11) is 0. The van der Waals surface area contributed by atoms with Gasteiger partial charge in [0.25, 0.3) is 5.91 Å². The number of nitrogens with two attached hydrogens (primary N) is 1. The predicted octanol–water partition coefficient (Wildman–Crippen LogP) is 2.27. The Hall–Kier alpha value is -1.77. The average molecular weight is 218 g/mol. The SMILES string of the molecule is CC(C)=CCNC(=O)c1ccc(N)cc1C. The van der Waals surface area contributed by atoms with Gasteiger partial charge in [-0.1, -0.05) is 11.6 Å². The normalized spacial score (nSPS) is 9.69. The quantitative estimate of drug-likeness (QED) is 0.604. The van der Waals surface area contributed by atoms with Gasteiger partial charge in [-0.2, -0.15) is 0 Å². The number of allylic oxidation sites excluding steroid dienone is 1. The molecule has 3 heteroatoms. The molecule has 1 aromatic carbocycles. The number of nitrogen functional groups attached to an aromatic ring is 1. The highest BCUT2D eigenvalue weighted by Gasteiger charge is 2.07. The Bertz CT molecular complexity index is 418. The number of carbonyl (C=O) groups excluding carboxylic acids is 1. The van der Waals surface area contributed by atoms with Gasteiger partial charge in [-0.3, -0.25) is 4.79 Å². The third-order valence-corrected chi connectivity index (χ3v) is 2.27. The van der Waals surface area contributed by atoms with Gasteiger partial charge in [0.2, 0.25) is 0 Å². The van der Waals surface area contributed by atoms with Crippen LogP contribution >= 0.6 is 0 Å². The van der Waals surface area contributed by atoms with Crippen molar-refractivity contribution >= 4 is 11.6 Å². The van der Waals surface area contributed by atoms with Gasteiger partial charge in [0, 0.05) is 17.8 Å². The van der Waals surface area contributed by atoms with Gasteiger partial charge in [0.15, 0.2) is 0 Å². The number of hydrogen-bond acceptors (Lipinski definition) is 2. The summed E-state index contributed by atoms with van der Waals surface area (Å²) in [6.45, 7) is 6.44. The van der Waals surface area contributed by atoms with Crippen molar-refractivity contribution in [2.45, 2.75) is 20.8 Å². The summed E-state index contributed by atoms with van der Waals surface area (Å²) in [6.07, 6.45) is 1.98. The van der Waals surface area contributed by atoms with Gasteiger partial charge in [0.05, 0.1) is 0 Å². The van der Waals surface area contributed by atoms with E-state index in [1.165, 1.54) is 5.57 Å². The summed E-state index contributed by atoms with van der Waals surface area (Å²) in [5, 5.41) is 2.83. The first-order valence-electron chi connectivity index (χ1n) is 5.28. The van der Waals surface area contributed by atoms with Gasteiger partial charge >= 0.3 is 0 Å². The first-order valence-corrected chi connectivity index (χ1v) is 5.28. The Morgan fingerprint density at radius 3 is 2.69 bits per heavy atom. The molecular formula is C13H18N2O. The third kappa shape index (κ3) is 3.42. The van der Waals surface area contributed by atoms with Crippen LogP contribution in [0, 0.1) is 6.92 Å². The van der Waals surface area contributed by atoms with Gasteiger partial charge in [-0.05, 0) is 44.5 Å². The molecule has 86 valence electrons. The highest BCUT2D eigenvalue weighted by molar-refractivity contribution is 5.96. The maximum Gasteiger partial charge on any atom is 0.251 e. The fourth-order valence-electron chi connectivity index (χ4n) is 1.38. The van der Waals surface area contributed by atoms with Gasteiger partial charge in [-0.25, -0.2) is 0 Å². The zero-order valence-electron chi connectivity index (χ0n) is 10.0. The molecule has 0 aliphatic carbocycles. The summed E-state index contributed by atoms with van der Waals surface area (Å²) >= 11 is 0. The molecule has 1 rings (SSSR count). The van der Waals surface area contributed by atoms with E-state index in [0.29, 0.717) is 17.8 Å². The number of hydrogen-bond donors (Lipinski definition) is 2. The van der Waals surface area contributed by atoms with Crippen LogP contribution in [0.5, 0.6) is 0 Å². The lowest BCUT2D eigenvalue weighted by molar-refractivity contribution is 0.0957.